The van der Waals surface area contributed by atoms with Crippen molar-refractivity contribution in [3.8, 4) is 0 Å². The minimum atomic E-state index is -4.64. The fraction of sp³-hybridized carbons (Fsp3) is 0.950. The van der Waals surface area contributed by atoms with Crippen molar-refractivity contribution >= 4 is 7.60 Å². The summed E-state index contributed by atoms with van der Waals surface area (Å²) in [5, 5.41) is 187. The van der Waals surface area contributed by atoms with Gasteiger partial charge in [-0.3, -0.25) is 4.57 Å². The molecule has 22 aliphatic heterocycles. The lowest BCUT2D eigenvalue weighted by molar-refractivity contribution is -0.404. The van der Waals surface area contributed by atoms with Gasteiger partial charge in [0, 0.05) is 5.82 Å². The van der Waals surface area contributed by atoms with E-state index in [-0.39, 0.29) is 6.42 Å². The highest BCUT2D eigenvalue weighted by atomic mass is 31.2. The van der Waals surface area contributed by atoms with Crippen LogP contribution in [-0.2, 0) is 66.1 Å². The molecule has 34 heteroatoms. The predicted octanol–water partition coefficient (Wildman–Crippen LogP) is -11.9. The smallest absolute Gasteiger partial charge is 0.348 e. The first-order chi connectivity index (χ1) is 35.1. The van der Waals surface area contributed by atoms with Crippen LogP contribution in [0.25, 0.3) is 0 Å². The summed E-state index contributed by atoms with van der Waals surface area (Å²) < 4.78 is 86.3. The van der Waals surface area contributed by atoms with Crippen molar-refractivity contribution in [2.45, 2.75) is 191 Å². The van der Waals surface area contributed by atoms with E-state index in [0.717, 1.165) is 6.08 Å². The number of rotatable bonds is 11. The van der Waals surface area contributed by atoms with Crippen molar-refractivity contribution < 1.29 is 163 Å². The Balaban J connectivity index is 1.22. The maximum atomic E-state index is 11.8. The highest BCUT2D eigenvalue weighted by Gasteiger charge is 2.59. The molecule has 22 rings (SSSR count). The van der Waals surface area contributed by atoms with E-state index in [4.69, 9.17) is 61.6 Å². The normalized spacial score (nSPS) is 51.0. The summed E-state index contributed by atoms with van der Waals surface area (Å²) in [6.45, 7) is -6.64. The molecule has 0 amide bonds. The van der Waals surface area contributed by atoms with Crippen molar-refractivity contribution in [2.24, 2.45) is 0 Å². The summed E-state index contributed by atoms with van der Waals surface area (Å²) in [6, 6.07) is 0. The quantitative estimate of drug-likeness (QED) is 0.0675. The fourth-order valence-corrected chi connectivity index (χ4v) is 10.0. The minimum Gasteiger partial charge on any atom is -0.394 e. The molecular weight excluding hydrogens is 1040 g/mol. The summed E-state index contributed by atoms with van der Waals surface area (Å²) in [5.74, 6) is 0.562. The lowest BCUT2D eigenvalue weighted by atomic mass is 9.94. The lowest BCUT2D eigenvalue weighted by Crippen LogP contribution is -2.69. The van der Waals surface area contributed by atoms with Gasteiger partial charge in [0.25, 0.3) is 0 Å². The maximum absolute atomic E-state index is 11.8. The third kappa shape index (κ3) is 12.8. The van der Waals surface area contributed by atoms with Crippen LogP contribution in [0.1, 0.15) is 6.42 Å². The van der Waals surface area contributed by atoms with Crippen molar-refractivity contribution in [3.63, 3.8) is 0 Å². The number of hydrogen-bond donors (Lipinski definition) is 19. The largest absolute Gasteiger partial charge is 0.394 e. The van der Waals surface area contributed by atoms with E-state index in [9.17, 15) is 101 Å². The first kappa shape index (κ1) is 60.3. The monoisotopic (exact) mass is 1110 g/mol. The molecule has 33 nitrogen and oxygen atoms in total. The molecule has 0 aromatic rings. The minimum absolute atomic E-state index is 0.236. The molecule has 0 radical (unpaired) electrons. The fourth-order valence-electron chi connectivity index (χ4n) is 9.59. The molecule has 0 aromatic carbocycles. The van der Waals surface area contributed by atoms with Gasteiger partial charge in [-0.1, -0.05) is 6.08 Å². The van der Waals surface area contributed by atoms with E-state index >= 15 is 0 Å². The van der Waals surface area contributed by atoms with Crippen molar-refractivity contribution in [1.29, 1.82) is 0 Å². The zero-order valence-corrected chi connectivity index (χ0v) is 39.7. The van der Waals surface area contributed by atoms with Crippen LogP contribution in [0.3, 0.4) is 0 Å². The van der Waals surface area contributed by atoms with Crippen molar-refractivity contribution in [2.75, 3.05) is 46.2 Å². The molecule has 0 unspecified atom stereocenters. The van der Waals surface area contributed by atoms with E-state index in [0.29, 0.717) is 5.82 Å². The molecule has 0 spiro atoms. The SMILES string of the molecule is O=P(O)(O)/C=C/CCO[C@@H]1[C@@H](O)[C@H]2O[C@H]3[C@H](O)[C@@H](O)[C@@H](O[C@H]4[C@H](O)[C@@H](O)[C@@H](O[C@H]5[C@H](O)[C@@H](O)[C@@H](O[C@H]6[C@H](O)[C@@H](O)[C@@H](O[C@H]7[C@H](O)[C@@H](O)[C@@H](O[C@H]1[C@@H](CO)O2)O[C@@H]7CO)O[C@@H]6CO)O[C@@H]5CO)O[C@@H]4CO)O[C@@H]3CO. The van der Waals surface area contributed by atoms with Gasteiger partial charge in [-0.05, 0) is 6.42 Å². The predicted molar refractivity (Wildman–Crippen MR) is 225 cm³/mol. The molecule has 22 fully saturated rings. The van der Waals surface area contributed by atoms with Crippen LogP contribution in [0.2, 0.25) is 0 Å². The van der Waals surface area contributed by atoms with Crippen LogP contribution in [0.15, 0.2) is 11.9 Å². The van der Waals surface area contributed by atoms with E-state index in [1.165, 1.54) is 0 Å². The van der Waals surface area contributed by atoms with Gasteiger partial charge in [-0.2, -0.15) is 0 Å². The summed E-state index contributed by atoms with van der Waals surface area (Å²) in [6.07, 6.45) is -58.3. The van der Waals surface area contributed by atoms with E-state index in [1.54, 1.807) is 0 Å². The molecular formula is C40H67O33P. The molecule has 0 aliphatic carbocycles. The van der Waals surface area contributed by atoms with Gasteiger partial charge in [0.15, 0.2) is 37.7 Å². The summed E-state index contributed by atoms with van der Waals surface area (Å²) in [7, 11) is -4.64. The third-order valence-electron chi connectivity index (χ3n) is 13.5. The molecule has 19 N–H and O–H groups in total. The molecule has 430 valence electrons. The number of ether oxygens (including phenoxy) is 13. The zero-order chi connectivity index (χ0) is 54.1. The van der Waals surface area contributed by atoms with Crippen LogP contribution in [0, 0.1) is 0 Å². The number of hydrogen-bond acceptors (Lipinski definition) is 31. The molecule has 0 aromatic heterocycles. The molecule has 0 saturated carbocycles. The molecule has 22 aliphatic rings. The summed E-state index contributed by atoms with van der Waals surface area (Å²) >= 11 is 0. The number of aliphatic hydroxyl groups excluding tert-OH is 17. The van der Waals surface area contributed by atoms with E-state index in [1.807, 2.05) is 0 Å². The average molecular weight is 1110 g/mol. The molecule has 12 bridgehead atoms. The lowest BCUT2D eigenvalue weighted by Gasteiger charge is -2.51. The molecule has 22 heterocycles. The van der Waals surface area contributed by atoms with Gasteiger partial charge in [-0.25, -0.2) is 0 Å². The Morgan fingerprint density at radius 3 is 0.811 bits per heavy atom. The summed E-state index contributed by atoms with van der Waals surface area (Å²) in [4.78, 5) is 18.5. The van der Waals surface area contributed by atoms with Crippen LogP contribution >= 0.6 is 7.60 Å². The van der Waals surface area contributed by atoms with E-state index < -0.39 is 238 Å². The second-order valence-electron chi connectivity index (χ2n) is 18.5. The van der Waals surface area contributed by atoms with Crippen LogP contribution in [0.4, 0.5) is 0 Å². The van der Waals surface area contributed by atoms with Crippen molar-refractivity contribution in [1.82, 2.24) is 0 Å². The van der Waals surface area contributed by atoms with Gasteiger partial charge in [0.2, 0.25) is 0 Å². The van der Waals surface area contributed by atoms with Crippen LogP contribution in [-0.4, -0.2) is 327 Å². The Morgan fingerprint density at radius 2 is 0.568 bits per heavy atom. The first-order valence-corrected chi connectivity index (χ1v) is 25.1. The van der Waals surface area contributed by atoms with Gasteiger partial charge in [0.1, 0.15) is 146 Å². The Hall–Kier alpha value is -1.31. The second-order valence-corrected chi connectivity index (χ2v) is 19.9. The third-order valence-corrected chi connectivity index (χ3v) is 14.1. The molecule has 74 heavy (non-hydrogen) atoms. The first-order valence-electron chi connectivity index (χ1n) is 23.5. The maximum Gasteiger partial charge on any atom is 0.348 e. The van der Waals surface area contributed by atoms with Gasteiger partial charge >= 0.3 is 7.60 Å². The highest BCUT2D eigenvalue weighted by Crippen LogP contribution is 2.39. The zero-order valence-electron chi connectivity index (χ0n) is 38.8. The Labute approximate surface area is 418 Å². The average Bonchev–Trinajstić information content (AvgIpc) is 3.37. The number of aliphatic hydroxyl groups is 17. The Bertz CT molecular complexity index is 1810. The van der Waals surface area contributed by atoms with Crippen LogP contribution < -0.4 is 0 Å². The molecule has 22 saturated heterocycles. The standard InChI is InChI=1S/C40H67O33P/c41-5-11-28-17(47)22(52)35(62-11)69-29-12(6-42)64-37(24(54)19(29)49)71-31-14(8-44)66-39(26(56)21(31)51)73-33-16(10-46)67-40(27(57)34(33)61-3-1-2-4-74(58,59)60)72-32-15(9-45)65-38(25(55)20(32)50)70-30-13(7-43)63-36(68-28)23(53)18(30)48/h2,4,11-57H,1,3,5-10H2,(H2,58,59,60)/b4-2+/t11-,12-,13-,14-,15-,16-,17-,18-,19-,20-,21-,22-,23-,24-,25-,26-,27-,28-,29-,30-,31-,32-,33+,34-,35-,36-,37-,38-,39-,40-/m1/s1. The topological polar surface area (TPSA) is 521 Å². The van der Waals surface area contributed by atoms with E-state index in [2.05, 4.69) is 0 Å². The Kier molecular flexibility index (Phi) is 21.1. The van der Waals surface area contributed by atoms with Gasteiger partial charge in [-0.15, -0.1) is 0 Å². The van der Waals surface area contributed by atoms with Crippen LogP contribution in [0.5, 0.6) is 0 Å². The second kappa shape index (κ2) is 25.9. The van der Waals surface area contributed by atoms with Gasteiger partial charge in [0.05, 0.1) is 46.2 Å². The highest BCUT2D eigenvalue weighted by molar-refractivity contribution is 7.55. The Morgan fingerprint density at radius 1 is 0.338 bits per heavy atom. The summed E-state index contributed by atoms with van der Waals surface area (Å²) in [5.41, 5.74) is 0. The van der Waals surface area contributed by atoms with Crippen molar-refractivity contribution in [3.05, 3.63) is 11.9 Å². The molecule has 30 atom stereocenters. The van der Waals surface area contributed by atoms with Gasteiger partial charge < -0.3 is 158 Å².